The van der Waals surface area contributed by atoms with Crippen LogP contribution in [-0.2, 0) is 32.7 Å². The number of carbonyl (C=O) groups excluding carboxylic acids is 2. The third-order valence-corrected chi connectivity index (χ3v) is 8.72. The quantitative estimate of drug-likeness (QED) is 0.0183. The maximum absolute atomic E-state index is 12.5. The summed E-state index contributed by atoms with van der Waals surface area (Å²) in [5.41, 5.74) is 5.33. The molecule has 0 bridgehead atoms. The molecule has 0 aliphatic heterocycles. The first-order chi connectivity index (χ1) is 27.2. The van der Waals surface area contributed by atoms with E-state index < -0.39 is 38.6 Å². The molecule has 0 aromatic heterocycles. The van der Waals surface area contributed by atoms with Crippen molar-refractivity contribution in [1.29, 1.82) is 0 Å². The SMILES string of the molecule is CC/C=C\CC(O)/C=C/C=C/C/C=C\C/C=C\C/C=C\CCC(=O)OC[C@H](COP(=O)(O)OCCN)OC(=O)CCCC/C=C\C/C=C\C/C=C\CCCCC. The molecule has 0 aliphatic rings. The Hall–Kier alpha value is -3.37. The molecule has 56 heavy (non-hydrogen) atoms. The van der Waals surface area contributed by atoms with E-state index in [1.165, 1.54) is 19.3 Å². The predicted octanol–water partition coefficient (Wildman–Crippen LogP) is 10.6. The van der Waals surface area contributed by atoms with E-state index in [-0.39, 0.29) is 32.6 Å². The number of hydrogen-bond acceptors (Lipinski definition) is 9. The van der Waals surface area contributed by atoms with Crippen LogP contribution in [0.1, 0.15) is 123 Å². The van der Waals surface area contributed by atoms with Gasteiger partial charge >= 0.3 is 19.8 Å². The standard InChI is InChI=1S/C45H72NO9P/c1-3-5-7-8-9-10-11-12-13-16-20-23-26-29-33-37-45(49)55-43(41-54-56(50,51)53-39-38-46)40-52-44(48)36-32-28-25-22-19-17-14-15-18-21-24-27-31-35-42(47)34-30-6-4-2/h6,9-10,12-13,15,17-20,23-25,27-28,30-31,35,42-43,47H,3-5,7-8,11,14,16,21-22,26,29,32-34,36-41,46H2,1-2H3,(H,50,51)/b10-9-,13-12-,18-15-,19-17-,23-20-,27-24+,28-25-,30-6-,35-31+/t42?,43-/m1/s1. The van der Waals surface area contributed by atoms with E-state index in [0.29, 0.717) is 19.3 Å². The molecular formula is C45H72NO9P. The van der Waals surface area contributed by atoms with Gasteiger partial charge in [-0.2, -0.15) is 0 Å². The number of esters is 2. The van der Waals surface area contributed by atoms with Gasteiger partial charge in [0.1, 0.15) is 6.61 Å². The van der Waals surface area contributed by atoms with E-state index >= 15 is 0 Å². The number of nitrogens with two attached hydrogens (primary N) is 1. The number of allylic oxidation sites excluding steroid dienone is 16. The number of aliphatic hydroxyl groups excluding tert-OH is 1. The van der Waals surface area contributed by atoms with E-state index in [1.54, 1.807) is 6.08 Å². The summed E-state index contributed by atoms with van der Waals surface area (Å²) in [6, 6.07) is 0. The van der Waals surface area contributed by atoms with Crippen molar-refractivity contribution >= 4 is 19.8 Å². The number of unbranched alkanes of at least 4 members (excludes halogenated alkanes) is 5. The van der Waals surface area contributed by atoms with Crippen molar-refractivity contribution in [3.8, 4) is 0 Å². The summed E-state index contributed by atoms with van der Waals surface area (Å²) in [4.78, 5) is 34.8. The topological polar surface area (TPSA) is 155 Å². The molecule has 0 rings (SSSR count). The molecule has 10 nitrogen and oxygen atoms in total. The van der Waals surface area contributed by atoms with Crippen LogP contribution in [-0.4, -0.2) is 60.5 Å². The second-order valence-electron chi connectivity index (χ2n) is 13.0. The Morgan fingerprint density at radius 2 is 1.21 bits per heavy atom. The Kier molecular flexibility index (Phi) is 37.5. The fourth-order valence-electron chi connectivity index (χ4n) is 4.69. The molecular weight excluding hydrogens is 729 g/mol. The lowest BCUT2D eigenvalue weighted by molar-refractivity contribution is -0.161. The molecule has 0 aromatic rings. The largest absolute Gasteiger partial charge is 0.472 e. The maximum Gasteiger partial charge on any atom is 0.472 e. The molecule has 0 aromatic carbocycles. The van der Waals surface area contributed by atoms with Gasteiger partial charge in [0.05, 0.1) is 19.3 Å². The lowest BCUT2D eigenvalue weighted by atomic mass is 10.1. The van der Waals surface area contributed by atoms with Gasteiger partial charge in [-0.15, -0.1) is 0 Å². The highest BCUT2D eigenvalue weighted by Gasteiger charge is 2.25. The zero-order valence-electron chi connectivity index (χ0n) is 34.2. The first-order valence-electron chi connectivity index (χ1n) is 20.5. The summed E-state index contributed by atoms with van der Waals surface area (Å²) in [5.74, 6) is -1.01. The summed E-state index contributed by atoms with van der Waals surface area (Å²) >= 11 is 0. The normalized spacial score (nSPS) is 15.0. The zero-order valence-corrected chi connectivity index (χ0v) is 35.1. The third-order valence-electron chi connectivity index (χ3n) is 7.74. The average Bonchev–Trinajstić information content (AvgIpc) is 3.18. The van der Waals surface area contributed by atoms with E-state index in [9.17, 15) is 24.2 Å². The number of ether oxygens (including phenoxy) is 2. The van der Waals surface area contributed by atoms with Gasteiger partial charge in [-0.3, -0.25) is 18.6 Å². The Balaban J connectivity index is 4.44. The van der Waals surface area contributed by atoms with Crippen molar-refractivity contribution in [1.82, 2.24) is 0 Å². The van der Waals surface area contributed by atoms with Crippen LogP contribution in [0.4, 0.5) is 0 Å². The number of carbonyl (C=O) groups is 2. The van der Waals surface area contributed by atoms with Crippen LogP contribution in [0.15, 0.2) is 109 Å². The maximum atomic E-state index is 12.5. The molecule has 0 spiro atoms. The van der Waals surface area contributed by atoms with E-state index in [4.69, 9.17) is 24.3 Å². The highest BCUT2D eigenvalue weighted by Crippen LogP contribution is 2.43. The van der Waals surface area contributed by atoms with Gasteiger partial charge in [0.15, 0.2) is 6.10 Å². The molecule has 0 aliphatic carbocycles. The summed E-state index contributed by atoms with van der Waals surface area (Å²) in [7, 11) is -4.42. The monoisotopic (exact) mass is 801 g/mol. The van der Waals surface area contributed by atoms with Crippen molar-refractivity contribution in [3.05, 3.63) is 109 Å². The minimum absolute atomic E-state index is 0.0251. The van der Waals surface area contributed by atoms with E-state index in [0.717, 1.165) is 57.8 Å². The van der Waals surface area contributed by atoms with Gasteiger partial charge in [0.2, 0.25) is 0 Å². The minimum Gasteiger partial charge on any atom is -0.462 e. The zero-order chi connectivity index (χ0) is 41.2. The molecule has 0 fully saturated rings. The van der Waals surface area contributed by atoms with Crippen molar-refractivity contribution in [2.45, 2.75) is 135 Å². The summed E-state index contributed by atoms with van der Waals surface area (Å²) in [5, 5.41) is 9.83. The average molecular weight is 802 g/mol. The van der Waals surface area contributed by atoms with Crippen LogP contribution in [0.2, 0.25) is 0 Å². The van der Waals surface area contributed by atoms with Crippen molar-refractivity contribution in [2.75, 3.05) is 26.4 Å². The molecule has 3 atom stereocenters. The molecule has 4 N–H and O–H groups in total. The second kappa shape index (κ2) is 39.8. The molecule has 0 saturated carbocycles. The summed E-state index contributed by atoms with van der Waals surface area (Å²) < 4.78 is 32.6. The van der Waals surface area contributed by atoms with E-state index in [1.807, 2.05) is 48.6 Å². The molecule has 316 valence electrons. The number of phosphoric acid groups is 1. The predicted molar refractivity (Wildman–Crippen MR) is 230 cm³/mol. The molecule has 11 heteroatoms. The van der Waals surface area contributed by atoms with Crippen LogP contribution >= 0.6 is 7.82 Å². The molecule has 0 radical (unpaired) electrons. The van der Waals surface area contributed by atoms with Crippen molar-refractivity contribution in [3.63, 3.8) is 0 Å². The van der Waals surface area contributed by atoms with E-state index in [2.05, 4.69) is 68.5 Å². The fraction of sp³-hybridized carbons (Fsp3) is 0.556. The van der Waals surface area contributed by atoms with Crippen LogP contribution in [0.25, 0.3) is 0 Å². The molecule has 0 saturated heterocycles. The fourth-order valence-corrected chi connectivity index (χ4v) is 5.45. The molecule has 0 amide bonds. The first-order valence-corrected chi connectivity index (χ1v) is 22.0. The Labute approximate surface area is 338 Å². The van der Waals surface area contributed by atoms with Gasteiger partial charge in [-0.25, -0.2) is 4.57 Å². The van der Waals surface area contributed by atoms with Gasteiger partial charge < -0.3 is 25.2 Å². The van der Waals surface area contributed by atoms with Gasteiger partial charge in [0.25, 0.3) is 0 Å². The van der Waals surface area contributed by atoms with Gasteiger partial charge in [-0.05, 0) is 83.5 Å². The van der Waals surface area contributed by atoms with Crippen LogP contribution < -0.4 is 5.73 Å². The Morgan fingerprint density at radius 1 is 0.643 bits per heavy atom. The smallest absolute Gasteiger partial charge is 0.462 e. The van der Waals surface area contributed by atoms with Crippen molar-refractivity contribution in [2.24, 2.45) is 5.73 Å². The molecule has 0 heterocycles. The van der Waals surface area contributed by atoms with Crippen LogP contribution in [0.5, 0.6) is 0 Å². The van der Waals surface area contributed by atoms with Crippen LogP contribution in [0, 0.1) is 0 Å². The van der Waals surface area contributed by atoms with Crippen LogP contribution in [0.3, 0.4) is 0 Å². The lowest BCUT2D eigenvalue weighted by Gasteiger charge is -2.19. The first kappa shape index (κ1) is 52.6. The number of rotatable bonds is 36. The third kappa shape index (κ3) is 38.9. The lowest BCUT2D eigenvalue weighted by Crippen LogP contribution is -2.29. The number of phosphoric ester groups is 1. The highest BCUT2D eigenvalue weighted by atomic mass is 31.2. The minimum atomic E-state index is -4.42. The Bertz CT molecular complexity index is 1300. The second-order valence-corrected chi connectivity index (χ2v) is 14.4. The number of hydrogen-bond donors (Lipinski definition) is 3. The van der Waals surface area contributed by atoms with Gasteiger partial charge in [0, 0.05) is 19.4 Å². The summed E-state index contributed by atoms with van der Waals surface area (Å²) in [6.45, 7) is 3.31. The summed E-state index contributed by atoms with van der Waals surface area (Å²) in [6.07, 6.45) is 48.9. The van der Waals surface area contributed by atoms with Crippen molar-refractivity contribution < 1.29 is 42.7 Å². The molecule has 2 unspecified atom stereocenters. The number of aliphatic hydroxyl groups is 1. The van der Waals surface area contributed by atoms with Gasteiger partial charge in [-0.1, -0.05) is 136 Å². The Morgan fingerprint density at radius 3 is 1.80 bits per heavy atom. The highest BCUT2D eigenvalue weighted by molar-refractivity contribution is 7.47.